The quantitative estimate of drug-likeness (QED) is 0.712. The summed E-state index contributed by atoms with van der Waals surface area (Å²) in [4.78, 5) is 16.8. The van der Waals surface area contributed by atoms with Gasteiger partial charge in [-0.15, -0.1) is 0 Å². The van der Waals surface area contributed by atoms with E-state index in [4.69, 9.17) is 4.74 Å². The minimum atomic E-state index is -0.00268. The zero-order chi connectivity index (χ0) is 19.0. The summed E-state index contributed by atoms with van der Waals surface area (Å²) in [6, 6.07) is 3.76. The second-order valence-electron chi connectivity index (χ2n) is 7.60. The molecule has 4 heteroatoms. The topological polar surface area (TPSA) is 45.3 Å². The summed E-state index contributed by atoms with van der Waals surface area (Å²) in [5.74, 6) is 0.999. The number of nitrogens with one attached hydrogen (secondary N) is 1. The number of rotatable bonds is 9. The number of ether oxygens (including phenoxy) is 1. The van der Waals surface area contributed by atoms with Crippen LogP contribution in [0.5, 0.6) is 0 Å². The molecule has 0 saturated carbocycles. The monoisotopic (exact) mass is 356 g/mol. The number of aromatic amines is 1. The minimum Gasteiger partial charge on any atom is -0.493 e. The Hall–Kier alpha value is -2.07. The summed E-state index contributed by atoms with van der Waals surface area (Å²) in [5, 5.41) is 0. The molecule has 0 radical (unpaired) electrons. The molecule has 1 aliphatic rings. The van der Waals surface area contributed by atoms with E-state index in [1.807, 2.05) is 18.2 Å². The van der Waals surface area contributed by atoms with Gasteiger partial charge in [-0.3, -0.25) is 4.79 Å². The molecular weight excluding hydrogens is 324 g/mol. The second-order valence-corrected chi connectivity index (χ2v) is 7.60. The lowest BCUT2D eigenvalue weighted by molar-refractivity contribution is 0.0862. The maximum Gasteiger partial charge on any atom is 0.252 e. The third-order valence-electron chi connectivity index (χ3n) is 5.21. The maximum atomic E-state index is 11.8. The molecule has 1 aromatic rings. The largest absolute Gasteiger partial charge is 0.493 e. The van der Waals surface area contributed by atoms with Crippen LogP contribution < -0.4 is 5.56 Å². The van der Waals surface area contributed by atoms with Gasteiger partial charge in [-0.1, -0.05) is 38.1 Å². The van der Waals surface area contributed by atoms with Gasteiger partial charge >= 0.3 is 0 Å². The Morgan fingerprint density at radius 2 is 2.15 bits per heavy atom. The minimum absolute atomic E-state index is 0.00268. The van der Waals surface area contributed by atoms with Crippen LogP contribution in [0.25, 0.3) is 0 Å². The van der Waals surface area contributed by atoms with Crippen molar-refractivity contribution >= 4 is 0 Å². The summed E-state index contributed by atoms with van der Waals surface area (Å²) in [6.07, 6.45) is 13.0. The van der Waals surface area contributed by atoms with Crippen LogP contribution in [0.3, 0.4) is 0 Å². The molecule has 26 heavy (non-hydrogen) atoms. The molecule has 0 saturated heterocycles. The van der Waals surface area contributed by atoms with E-state index < -0.39 is 0 Å². The maximum absolute atomic E-state index is 11.8. The van der Waals surface area contributed by atoms with Crippen LogP contribution in [0.2, 0.25) is 0 Å². The van der Waals surface area contributed by atoms with Crippen molar-refractivity contribution < 1.29 is 4.74 Å². The Balaban J connectivity index is 1.88. The van der Waals surface area contributed by atoms with Crippen LogP contribution in [0.15, 0.2) is 58.8 Å². The predicted octanol–water partition coefficient (Wildman–Crippen LogP) is 4.42. The third kappa shape index (κ3) is 6.03. The molecule has 1 N–H and O–H groups in total. The lowest BCUT2D eigenvalue weighted by Crippen LogP contribution is -2.30. The molecule has 4 nitrogen and oxygen atoms in total. The van der Waals surface area contributed by atoms with Crippen LogP contribution >= 0.6 is 0 Å². The van der Waals surface area contributed by atoms with E-state index in [0.29, 0.717) is 13.2 Å². The van der Waals surface area contributed by atoms with Gasteiger partial charge in [0.05, 0.1) is 6.61 Å². The normalized spacial score (nSPS) is 16.7. The van der Waals surface area contributed by atoms with E-state index in [1.54, 1.807) is 6.20 Å². The van der Waals surface area contributed by atoms with Crippen molar-refractivity contribution in [1.29, 1.82) is 0 Å². The highest BCUT2D eigenvalue weighted by molar-refractivity contribution is 5.27. The van der Waals surface area contributed by atoms with Gasteiger partial charge in [0.2, 0.25) is 0 Å². The molecule has 1 unspecified atom stereocenters. The molecule has 1 heterocycles. The summed E-state index contributed by atoms with van der Waals surface area (Å²) in [7, 11) is 2.07. The molecule has 1 atom stereocenters. The van der Waals surface area contributed by atoms with Crippen molar-refractivity contribution in [2.24, 2.45) is 5.41 Å². The molecule has 1 aromatic heterocycles. The highest BCUT2D eigenvalue weighted by Crippen LogP contribution is 2.28. The molecule has 0 amide bonds. The molecule has 0 bridgehead atoms. The Morgan fingerprint density at radius 3 is 2.88 bits per heavy atom. The highest BCUT2D eigenvalue weighted by Gasteiger charge is 2.24. The summed E-state index contributed by atoms with van der Waals surface area (Å²) < 4.78 is 6.18. The Bertz CT molecular complexity index is 730. The van der Waals surface area contributed by atoms with Gasteiger partial charge in [-0.25, -0.2) is 0 Å². The van der Waals surface area contributed by atoms with Crippen molar-refractivity contribution in [2.75, 3.05) is 20.2 Å². The Morgan fingerprint density at radius 1 is 1.35 bits per heavy atom. The molecule has 0 spiro atoms. The van der Waals surface area contributed by atoms with Gasteiger partial charge in [-0.2, -0.15) is 0 Å². The molecule has 142 valence electrons. The molecule has 0 aliphatic heterocycles. The number of H-pyrrole nitrogens is 1. The average molecular weight is 357 g/mol. The standard InChI is InChI=1S/C22H32N2O2/c1-5-22(3,17-26-20-12-8-6-7-10-18(20)2)13-15-24(4)16-19-11-9-14-23-21(19)25/h6-9,11-12,14H,5,10,13,15-17H2,1-4H3,(H,23,25). The van der Waals surface area contributed by atoms with Crippen molar-refractivity contribution in [1.82, 2.24) is 9.88 Å². The van der Waals surface area contributed by atoms with Crippen molar-refractivity contribution in [3.8, 4) is 0 Å². The lowest BCUT2D eigenvalue weighted by Gasteiger charge is -2.31. The zero-order valence-corrected chi connectivity index (χ0v) is 16.5. The van der Waals surface area contributed by atoms with Gasteiger partial charge < -0.3 is 14.6 Å². The first-order chi connectivity index (χ1) is 12.4. The first-order valence-electron chi connectivity index (χ1n) is 9.44. The SMILES string of the molecule is CCC(C)(CCN(C)Cc1ccc[nH]c1=O)COC1=C(C)CC=CC=C1. The van der Waals surface area contributed by atoms with Crippen molar-refractivity contribution in [3.05, 3.63) is 69.9 Å². The van der Waals surface area contributed by atoms with Crippen LogP contribution in [-0.2, 0) is 11.3 Å². The zero-order valence-electron chi connectivity index (χ0n) is 16.5. The number of allylic oxidation sites excluding steroid dienone is 5. The van der Waals surface area contributed by atoms with Crippen LogP contribution in [0.4, 0.5) is 0 Å². The molecule has 0 aromatic carbocycles. The Kier molecular flexibility index (Phi) is 7.46. The van der Waals surface area contributed by atoms with Gasteiger partial charge in [-0.05, 0) is 57.5 Å². The fourth-order valence-corrected chi connectivity index (χ4v) is 2.90. The predicted molar refractivity (Wildman–Crippen MR) is 108 cm³/mol. The van der Waals surface area contributed by atoms with Gasteiger partial charge in [0.1, 0.15) is 5.76 Å². The molecule has 0 fully saturated rings. The van der Waals surface area contributed by atoms with Gasteiger partial charge in [0.15, 0.2) is 0 Å². The fourth-order valence-electron chi connectivity index (χ4n) is 2.90. The number of nitrogens with zero attached hydrogens (tertiary/aromatic N) is 1. The molecular formula is C22H32N2O2. The first kappa shape index (κ1) is 20.2. The van der Waals surface area contributed by atoms with E-state index in [9.17, 15) is 4.79 Å². The summed E-state index contributed by atoms with van der Waals surface area (Å²) in [5.41, 5.74) is 2.19. The van der Waals surface area contributed by atoms with Crippen molar-refractivity contribution in [2.45, 2.75) is 46.6 Å². The van der Waals surface area contributed by atoms with E-state index in [2.05, 4.69) is 55.9 Å². The molecule has 1 aliphatic carbocycles. The lowest BCUT2D eigenvalue weighted by atomic mass is 9.84. The second kappa shape index (κ2) is 9.58. The number of hydrogen-bond acceptors (Lipinski definition) is 3. The van der Waals surface area contributed by atoms with Crippen molar-refractivity contribution in [3.63, 3.8) is 0 Å². The van der Waals surface area contributed by atoms with Gasteiger partial charge in [0, 0.05) is 23.7 Å². The van der Waals surface area contributed by atoms with Gasteiger partial charge in [0.25, 0.3) is 5.56 Å². The average Bonchev–Trinajstić information content (AvgIpc) is 2.84. The smallest absolute Gasteiger partial charge is 0.252 e. The van der Waals surface area contributed by atoms with E-state index in [1.165, 1.54) is 5.57 Å². The van der Waals surface area contributed by atoms with Crippen LogP contribution in [-0.4, -0.2) is 30.1 Å². The number of aromatic nitrogens is 1. The number of hydrogen-bond donors (Lipinski definition) is 1. The molecule has 2 rings (SSSR count). The van der Waals surface area contributed by atoms with E-state index in [-0.39, 0.29) is 11.0 Å². The fraction of sp³-hybridized carbons (Fsp3) is 0.500. The Labute approximate surface area is 157 Å². The third-order valence-corrected chi connectivity index (χ3v) is 5.21. The summed E-state index contributed by atoms with van der Waals surface area (Å²) >= 11 is 0. The van der Waals surface area contributed by atoms with Crippen LogP contribution in [0, 0.1) is 5.41 Å². The van der Waals surface area contributed by atoms with E-state index in [0.717, 1.165) is 37.1 Å². The van der Waals surface area contributed by atoms with Crippen LogP contribution in [0.1, 0.15) is 45.6 Å². The number of pyridine rings is 1. The summed E-state index contributed by atoms with van der Waals surface area (Å²) in [6.45, 7) is 8.93. The first-order valence-corrected chi connectivity index (χ1v) is 9.44. The highest BCUT2D eigenvalue weighted by atomic mass is 16.5. The van der Waals surface area contributed by atoms with E-state index >= 15 is 0 Å².